The molecule has 0 aliphatic rings. The Bertz CT molecular complexity index is 326. The van der Waals surface area contributed by atoms with Crippen molar-refractivity contribution in [1.82, 2.24) is 0 Å². The molecule has 0 radical (unpaired) electrons. The Hall–Kier alpha value is -0.120. The van der Waals surface area contributed by atoms with E-state index in [1.807, 2.05) is 0 Å². The second kappa shape index (κ2) is 18.2. The zero-order chi connectivity index (χ0) is 15.7. The first kappa shape index (κ1) is 22.9. The minimum Gasteiger partial charge on any atom is -0.205 e. The van der Waals surface area contributed by atoms with Crippen LogP contribution < -0.4 is 4.57 Å². The highest BCUT2D eigenvalue weighted by molar-refractivity contribution is 14.0. The van der Waals surface area contributed by atoms with Crippen LogP contribution in [-0.2, 0) is 6.54 Å². The Morgan fingerprint density at radius 3 is 1.35 bits per heavy atom. The third-order valence-electron chi connectivity index (χ3n) is 4.55. The van der Waals surface area contributed by atoms with E-state index in [2.05, 4.69) is 42.1 Å². The number of aromatic nitrogens is 1. The van der Waals surface area contributed by atoms with E-state index < -0.39 is 0 Å². The third kappa shape index (κ3) is 15.2. The lowest BCUT2D eigenvalue weighted by Gasteiger charge is -2.02. The molecule has 1 rings (SSSR count). The van der Waals surface area contributed by atoms with Crippen molar-refractivity contribution in [2.75, 3.05) is 0 Å². The molecule has 1 nitrogen and oxygen atoms in total. The predicted molar refractivity (Wildman–Crippen MR) is 112 cm³/mol. The third-order valence-corrected chi connectivity index (χ3v) is 4.55. The van der Waals surface area contributed by atoms with Crippen molar-refractivity contribution in [3.05, 3.63) is 30.6 Å². The van der Waals surface area contributed by atoms with Gasteiger partial charge < -0.3 is 0 Å². The van der Waals surface area contributed by atoms with Gasteiger partial charge in [-0.3, -0.25) is 0 Å². The van der Waals surface area contributed by atoms with Gasteiger partial charge in [-0.25, -0.2) is 4.57 Å². The predicted octanol–water partition coefficient (Wildman–Crippen LogP) is 7.07. The molecule has 0 fully saturated rings. The molecule has 0 aliphatic heterocycles. The summed E-state index contributed by atoms with van der Waals surface area (Å²) >= 11 is 0. The van der Waals surface area contributed by atoms with Gasteiger partial charge in [-0.1, -0.05) is 90.0 Å². The average Bonchev–Trinajstić information content (AvgIpc) is 2.56. The van der Waals surface area contributed by atoms with Gasteiger partial charge in [-0.05, 0) is 6.42 Å². The summed E-state index contributed by atoms with van der Waals surface area (Å²) < 4.78 is 2.29. The molecule has 23 heavy (non-hydrogen) atoms. The van der Waals surface area contributed by atoms with Crippen molar-refractivity contribution in [3.8, 4) is 0 Å². The average molecular weight is 432 g/mol. The maximum absolute atomic E-state index is 2.29. The number of halogens is 1. The van der Waals surface area contributed by atoms with E-state index in [0.29, 0.717) is 0 Å². The van der Waals surface area contributed by atoms with Crippen molar-refractivity contribution in [2.24, 2.45) is 0 Å². The number of unbranched alkanes of at least 4 members (excludes halogenated alkanes) is 13. The summed E-state index contributed by atoms with van der Waals surface area (Å²) in [5.41, 5.74) is 0. The van der Waals surface area contributed by atoms with Crippen LogP contribution in [-0.4, -0.2) is 0 Å². The largest absolute Gasteiger partial charge is 0.205 e. The molecule has 0 unspecified atom stereocenters. The fraction of sp³-hybridized carbons (Fsp3) is 0.762. The lowest BCUT2D eigenvalue weighted by atomic mass is 10.0. The number of aryl methyl sites for hydroxylation is 1. The van der Waals surface area contributed by atoms with Crippen LogP contribution >= 0.6 is 24.0 Å². The molecule has 2 heteroatoms. The highest BCUT2D eigenvalue weighted by Gasteiger charge is 1.98. The van der Waals surface area contributed by atoms with Crippen molar-refractivity contribution in [2.45, 2.75) is 103 Å². The highest BCUT2D eigenvalue weighted by Crippen LogP contribution is 2.12. The molecule has 0 N–H and O–H groups in total. The number of hydrogen-bond acceptors (Lipinski definition) is 0. The second-order valence-electron chi connectivity index (χ2n) is 6.71. The molecular formula is C21H39IN+. The first-order valence-corrected chi connectivity index (χ1v) is 9.87. The molecule has 0 aliphatic carbocycles. The topological polar surface area (TPSA) is 3.88 Å². The Morgan fingerprint density at radius 1 is 0.522 bits per heavy atom. The van der Waals surface area contributed by atoms with Crippen molar-refractivity contribution >= 4 is 24.0 Å². The Balaban J connectivity index is 0.00000484. The quantitative estimate of drug-likeness (QED) is 0.158. The maximum Gasteiger partial charge on any atom is 0.168 e. The lowest BCUT2D eigenvalue weighted by Crippen LogP contribution is -2.32. The number of pyridine rings is 1. The van der Waals surface area contributed by atoms with E-state index in [4.69, 9.17) is 0 Å². The zero-order valence-electron chi connectivity index (χ0n) is 15.3. The number of rotatable bonds is 15. The van der Waals surface area contributed by atoms with Crippen molar-refractivity contribution in [1.29, 1.82) is 0 Å². The molecule has 1 aromatic rings. The van der Waals surface area contributed by atoms with E-state index in [-0.39, 0.29) is 24.0 Å². The van der Waals surface area contributed by atoms with Crippen LogP contribution in [0.3, 0.4) is 0 Å². The van der Waals surface area contributed by atoms with E-state index in [1.165, 1.54) is 96.4 Å². The van der Waals surface area contributed by atoms with Gasteiger partial charge in [0.05, 0.1) is 0 Å². The fourth-order valence-electron chi connectivity index (χ4n) is 3.07. The molecule has 1 heterocycles. The number of hydrogen-bond donors (Lipinski definition) is 0. The molecular weight excluding hydrogens is 393 g/mol. The molecule has 0 saturated heterocycles. The van der Waals surface area contributed by atoms with Crippen LogP contribution in [0.2, 0.25) is 0 Å². The van der Waals surface area contributed by atoms with Crippen LogP contribution in [0.15, 0.2) is 30.6 Å². The Labute approximate surface area is 162 Å². The maximum atomic E-state index is 2.29. The molecule has 0 atom stereocenters. The van der Waals surface area contributed by atoms with Gasteiger partial charge in [0.15, 0.2) is 12.4 Å². The summed E-state index contributed by atoms with van der Waals surface area (Å²) in [5.74, 6) is 0. The normalized spacial score (nSPS) is 10.5. The van der Waals surface area contributed by atoms with Gasteiger partial charge in [0.25, 0.3) is 0 Å². The van der Waals surface area contributed by atoms with Crippen LogP contribution in [0.5, 0.6) is 0 Å². The summed E-state index contributed by atoms with van der Waals surface area (Å²) in [7, 11) is 0. The molecule has 0 saturated carbocycles. The van der Waals surface area contributed by atoms with Gasteiger partial charge >= 0.3 is 0 Å². The van der Waals surface area contributed by atoms with Gasteiger partial charge in [-0.15, -0.1) is 24.0 Å². The zero-order valence-corrected chi connectivity index (χ0v) is 17.7. The molecule has 134 valence electrons. The summed E-state index contributed by atoms with van der Waals surface area (Å²) in [6.45, 7) is 3.47. The van der Waals surface area contributed by atoms with Gasteiger partial charge in [-0.2, -0.15) is 0 Å². The Kier molecular flexibility index (Phi) is 18.1. The van der Waals surface area contributed by atoms with Gasteiger partial charge in [0.2, 0.25) is 0 Å². The lowest BCUT2D eigenvalue weighted by molar-refractivity contribution is -0.697. The van der Waals surface area contributed by atoms with E-state index in [9.17, 15) is 0 Å². The smallest absolute Gasteiger partial charge is 0.168 e. The molecule has 0 aromatic carbocycles. The van der Waals surface area contributed by atoms with Gasteiger partial charge in [0.1, 0.15) is 6.54 Å². The SMILES string of the molecule is CCCCCCCCCCCCCCCC[n+]1ccccc1.I. The first-order chi connectivity index (χ1) is 10.9. The Morgan fingerprint density at radius 2 is 0.913 bits per heavy atom. The van der Waals surface area contributed by atoms with Crippen molar-refractivity contribution in [3.63, 3.8) is 0 Å². The van der Waals surface area contributed by atoms with Crippen LogP contribution in [0.25, 0.3) is 0 Å². The van der Waals surface area contributed by atoms with E-state index >= 15 is 0 Å². The summed E-state index contributed by atoms with van der Waals surface area (Å²) in [6, 6.07) is 6.31. The molecule has 1 aromatic heterocycles. The van der Waals surface area contributed by atoms with Gasteiger partial charge in [0, 0.05) is 18.6 Å². The van der Waals surface area contributed by atoms with Crippen molar-refractivity contribution < 1.29 is 4.57 Å². The van der Waals surface area contributed by atoms with Crippen LogP contribution in [0.4, 0.5) is 0 Å². The molecule has 0 spiro atoms. The second-order valence-corrected chi connectivity index (χ2v) is 6.71. The van der Waals surface area contributed by atoms with E-state index in [0.717, 1.165) is 0 Å². The number of nitrogens with zero attached hydrogens (tertiary/aromatic N) is 1. The fourth-order valence-corrected chi connectivity index (χ4v) is 3.07. The van der Waals surface area contributed by atoms with Crippen LogP contribution in [0.1, 0.15) is 96.8 Å². The van der Waals surface area contributed by atoms with Crippen LogP contribution in [0, 0.1) is 0 Å². The standard InChI is InChI=1S/C21H38N.HI/c1-2-3-4-5-6-7-8-9-10-11-12-13-14-16-19-22-20-17-15-18-21-22;/h15,17-18,20-21H,2-14,16,19H2,1H3;1H/q+1;. The molecule has 0 amide bonds. The molecule has 0 bridgehead atoms. The minimum absolute atomic E-state index is 0. The first-order valence-electron chi connectivity index (χ1n) is 9.87. The monoisotopic (exact) mass is 432 g/mol. The summed E-state index contributed by atoms with van der Waals surface area (Å²) in [5, 5.41) is 0. The minimum atomic E-state index is 0. The highest BCUT2D eigenvalue weighted by atomic mass is 127. The van der Waals surface area contributed by atoms with E-state index in [1.54, 1.807) is 0 Å². The summed E-state index contributed by atoms with van der Waals surface area (Å²) in [4.78, 5) is 0. The summed E-state index contributed by atoms with van der Waals surface area (Å²) in [6.07, 6.45) is 24.4.